The summed E-state index contributed by atoms with van der Waals surface area (Å²) in [5.41, 5.74) is 2.73. The van der Waals surface area contributed by atoms with Gasteiger partial charge in [0.15, 0.2) is 0 Å². The summed E-state index contributed by atoms with van der Waals surface area (Å²) in [5, 5.41) is 9.65. The molecule has 0 aliphatic heterocycles. The first kappa shape index (κ1) is 17.6. The van der Waals surface area contributed by atoms with Crippen molar-refractivity contribution in [2.45, 2.75) is 32.3 Å². The number of nitrogens with one attached hydrogen (secondary N) is 1. The fourth-order valence-electron chi connectivity index (χ4n) is 3.01. The van der Waals surface area contributed by atoms with Crippen LogP contribution in [0.2, 0.25) is 0 Å². The van der Waals surface area contributed by atoms with Gasteiger partial charge in [0, 0.05) is 0 Å². The van der Waals surface area contributed by atoms with E-state index in [0.29, 0.717) is 11.5 Å². The lowest BCUT2D eigenvalue weighted by molar-refractivity contribution is 0.136. The second-order valence-electron chi connectivity index (χ2n) is 6.12. The average molecular weight is 390 g/mol. The Morgan fingerprint density at radius 2 is 2.15 bits per heavy atom. The highest BCUT2D eigenvalue weighted by Crippen LogP contribution is 2.26. The van der Waals surface area contributed by atoms with Crippen LogP contribution in [-0.4, -0.2) is 21.1 Å². The van der Waals surface area contributed by atoms with Crippen LogP contribution in [-0.2, 0) is 19.4 Å². The van der Waals surface area contributed by atoms with Crippen molar-refractivity contribution in [2.24, 2.45) is 5.10 Å². The number of benzene rings is 1. The Kier molecular flexibility index (Phi) is 4.85. The zero-order valence-electron chi connectivity index (χ0n) is 14.2. The van der Waals surface area contributed by atoms with Gasteiger partial charge in [0.2, 0.25) is 10.6 Å². The third-order valence-electron chi connectivity index (χ3n) is 4.30. The molecule has 0 saturated heterocycles. The monoisotopic (exact) mass is 390 g/mol. The number of ether oxygens (including phenoxy) is 1. The summed E-state index contributed by atoms with van der Waals surface area (Å²) in [4.78, 5) is 0. The van der Waals surface area contributed by atoms with Crippen LogP contribution in [0, 0.1) is 4.77 Å². The second kappa shape index (κ2) is 7.43. The normalized spacial score (nSPS) is 13.6. The van der Waals surface area contributed by atoms with Crippen LogP contribution in [0.4, 0.5) is 8.78 Å². The highest BCUT2D eigenvalue weighted by molar-refractivity contribution is 7.71. The van der Waals surface area contributed by atoms with Crippen LogP contribution in [0.25, 0.3) is 0 Å². The van der Waals surface area contributed by atoms with Crippen LogP contribution < -0.4 is 4.74 Å². The number of furan rings is 1. The van der Waals surface area contributed by atoms with Crippen molar-refractivity contribution in [2.75, 3.05) is 0 Å². The standard InChI is InChI=1S/C18H16F2N4O2S/c19-16(20)17-22-23-18(27)24(17)21-9-14-6-7-15(26-14)10-25-13-5-4-11-2-1-3-12(11)8-13/h4-9,16H,1-3,10H2,(H,23,27)/b21-9-. The number of aromatic amines is 1. The number of hydrogen-bond donors (Lipinski definition) is 1. The molecular formula is C18H16F2N4O2S. The van der Waals surface area contributed by atoms with Gasteiger partial charge < -0.3 is 9.15 Å². The predicted molar refractivity (Wildman–Crippen MR) is 96.9 cm³/mol. The molecule has 3 aromatic rings. The largest absolute Gasteiger partial charge is 0.486 e. The smallest absolute Gasteiger partial charge is 0.299 e. The maximum atomic E-state index is 12.9. The third-order valence-corrected chi connectivity index (χ3v) is 4.57. The molecule has 2 aromatic heterocycles. The Labute approximate surface area is 158 Å². The quantitative estimate of drug-likeness (QED) is 0.500. The summed E-state index contributed by atoms with van der Waals surface area (Å²) >= 11 is 4.89. The summed E-state index contributed by atoms with van der Waals surface area (Å²) in [6.45, 7) is 0.264. The van der Waals surface area contributed by atoms with E-state index in [2.05, 4.69) is 27.4 Å². The predicted octanol–water partition coefficient (Wildman–Crippen LogP) is 4.42. The van der Waals surface area contributed by atoms with Crippen molar-refractivity contribution in [3.63, 3.8) is 0 Å². The number of aromatic nitrogens is 3. The number of fused-ring (bicyclic) bond motifs is 1. The Bertz CT molecular complexity index is 1040. The summed E-state index contributed by atoms with van der Waals surface area (Å²) in [6, 6.07) is 9.56. The number of alkyl halides is 2. The number of nitrogens with zero attached hydrogens (tertiary/aromatic N) is 3. The van der Waals surface area contributed by atoms with Crippen LogP contribution in [0.1, 0.15) is 41.3 Å². The molecule has 1 N–H and O–H groups in total. The molecule has 1 aliphatic carbocycles. The summed E-state index contributed by atoms with van der Waals surface area (Å²) < 4.78 is 37.9. The zero-order valence-corrected chi connectivity index (χ0v) is 15.0. The highest BCUT2D eigenvalue weighted by Gasteiger charge is 2.16. The van der Waals surface area contributed by atoms with Crippen molar-refractivity contribution in [1.82, 2.24) is 14.9 Å². The van der Waals surface area contributed by atoms with E-state index in [-0.39, 0.29) is 11.4 Å². The number of hydrogen-bond acceptors (Lipinski definition) is 5. The fourth-order valence-corrected chi connectivity index (χ4v) is 3.19. The summed E-state index contributed by atoms with van der Waals surface area (Å²) in [5.74, 6) is 1.24. The molecule has 4 rings (SSSR count). The summed E-state index contributed by atoms with van der Waals surface area (Å²) in [7, 11) is 0. The van der Waals surface area contributed by atoms with E-state index in [9.17, 15) is 8.78 Å². The van der Waals surface area contributed by atoms with Crippen molar-refractivity contribution >= 4 is 18.4 Å². The maximum Gasteiger partial charge on any atom is 0.299 e. The van der Waals surface area contributed by atoms with Gasteiger partial charge in [0.25, 0.3) is 6.43 Å². The van der Waals surface area contributed by atoms with Crippen LogP contribution in [0.3, 0.4) is 0 Å². The fraction of sp³-hybridized carbons (Fsp3) is 0.278. The first-order valence-electron chi connectivity index (χ1n) is 8.43. The lowest BCUT2D eigenvalue weighted by atomic mass is 10.1. The number of halogens is 2. The molecular weight excluding hydrogens is 374 g/mol. The minimum atomic E-state index is -2.79. The van der Waals surface area contributed by atoms with Crippen molar-refractivity contribution in [1.29, 1.82) is 0 Å². The molecule has 9 heteroatoms. The molecule has 0 fully saturated rings. The topological polar surface area (TPSA) is 68.3 Å². The van der Waals surface area contributed by atoms with E-state index in [4.69, 9.17) is 21.4 Å². The van der Waals surface area contributed by atoms with Crippen LogP contribution in [0.15, 0.2) is 39.9 Å². The molecule has 0 amide bonds. The molecule has 2 heterocycles. The molecule has 1 aromatic carbocycles. The maximum absolute atomic E-state index is 12.9. The van der Waals surface area contributed by atoms with Gasteiger partial charge in [-0.3, -0.25) is 0 Å². The van der Waals surface area contributed by atoms with E-state index >= 15 is 0 Å². The van der Waals surface area contributed by atoms with Crippen molar-refractivity contribution in [3.05, 3.63) is 63.6 Å². The Morgan fingerprint density at radius 1 is 1.30 bits per heavy atom. The van der Waals surface area contributed by atoms with Gasteiger partial charge >= 0.3 is 0 Å². The lowest BCUT2D eigenvalue weighted by Crippen LogP contribution is -1.99. The Balaban J connectivity index is 1.42. The van der Waals surface area contributed by atoms with E-state index in [1.54, 1.807) is 12.1 Å². The van der Waals surface area contributed by atoms with Gasteiger partial charge in [-0.05, 0) is 66.9 Å². The number of H-pyrrole nitrogens is 1. The Morgan fingerprint density at radius 3 is 3.00 bits per heavy atom. The van der Waals surface area contributed by atoms with Crippen molar-refractivity contribution < 1.29 is 17.9 Å². The molecule has 0 bridgehead atoms. The van der Waals surface area contributed by atoms with E-state index in [1.165, 1.54) is 23.8 Å². The molecule has 0 unspecified atom stereocenters. The van der Waals surface area contributed by atoms with E-state index in [1.807, 2.05) is 6.07 Å². The molecule has 27 heavy (non-hydrogen) atoms. The zero-order chi connectivity index (χ0) is 18.8. The molecule has 0 radical (unpaired) electrons. The Hall–Kier alpha value is -2.81. The first-order valence-corrected chi connectivity index (χ1v) is 8.84. The van der Waals surface area contributed by atoms with Gasteiger partial charge in [-0.2, -0.15) is 14.9 Å². The lowest BCUT2D eigenvalue weighted by Gasteiger charge is -2.06. The molecule has 6 nitrogen and oxygen atoms in total. The number of aryl methyl sites for hydroxylation is 2. The third kappa shape index (κ3) is 3.82. The van der Waals surface area contributed by atoms with Gasteiger partial charge in [0.1, 0.15) is 23.9 Å². The number of rotatable bonds is 6. The molecule has 1 aliphatic rings. The molecule has 0 spiro atoms. The minimum absolute atomic E-state index is 0.0201. The first-order chi connectivity index (χ1) is 13.1. The van der Waals surface area contributed by atoms with Gasteiger partial charge in [0.05, 0.1) is 6.21 Å². The second-order valence-corrected chi connectivity index (χ2v) is 6.51. The van der Waals surface area contributed by atoms with Gasteiger partial charge in [-0.1, -0.05) is 6.07 Å². The molecule has 0 atom stereocenters. The highest BCUT2D eigenvalue weighted by atomic mass is 32.1. The van der Waals surface area contributed by atoms with Crippen LogP contribution in [0.5, 0.6) is 5.75 Å². The molecule has 140 valence electrons. The SMILES string of the molecule is FC(F)c1n[nH]c(=S)n1/N=C\c1ccc(COc2ccc3c(c2)CCC3)o1. The summed E-state index contributed by atoms with van der Waals surface area (Å²) in [6.07, 6.45) is 1.92. The van der Waals surface area contributed by atoms with E-state index < -0.39 is 12.2 Å². The van der Waals surface area contributed by atoms with Gasteiger partial charge in [-0.15, -0.1) is 0 Å². The minimum Gasteiger partial charge on any atom is -0.486 e. The van der Waals surface area contributed by atoms with E-state index in [0.717, 1.165) is 23.3 Å². The van der Waals surface area contributed by atoms with Crippen LogP contribution >= 0.6 is 12.2 Å². The molecule has 0 saturated carbocycles. The average Bonchev–Trinajstić information content (AvgIpc) is 3.37. The van der Waals surface area contributed by atoms with Crippen molar-refractivity contribution in [3.8, 4) is 5.75 Å². The van der Waals surface area contributed by atoms with Gasteiger partial charge in [-0.25, -0.2) is 13.9 Å².